The number of carbonyl (C=O) groups excluding carboxylic acids is 4. The van der Waals surface area contributed by atoms with Crippen molar-refractivity contribution in [2.45, 2.75) is 39.2 Å². The predicted octanol–water partition coefficient (Wildman–Crippen LogP) is 8.15. The second-order valence-corrected chi connectivity index (χ2v) is 11.6. The molecule has 1 saturated carbocycles. The summed E-state index contributed by atoms with van der Waals surface area (Å²) in [6.45, 7) is 4.34. The number of anilines is 1. The Morgan fingerprint density at radius 3 is 1.90 bits per heavy atom. The van der Waals surface area contributed by atoms with Gasteiger partial charge in [-0.2, -0.15) is 0 Å². The second kappa shape index (κ2) is 12.3. The molecular formula is C31H25Cl4NO6. The monoisotopic (exact) mass is 647 g/mol. The van der Waals surface area contributed by atoms with E-state index >= 15 is 0 Å². The van der Waals surface area contributed by atoms with Crippen LogP contribution < -0.4 is 4.90 Å². The molecule has 1 aliphatic carbocycles. The van der Waals surface area contributed by atoms with Crippen molar-refractivity contribution in [3.05, 3.63) is 96.4 Å². The third-order valence-corrected chi connectivity index (χ3v) is 9.61. The Balaban J connectivity index is 1.24. The van der Waals surface area contributed by atoms with Gasteiger partial charge in [0.25, 0.3) is 11.8 Å². The highest BCUT2D eigenvalue weighted by molar-refractivity contribution is 6.56. The molecule has 0 spiro atoms. The van der Waals surface area contributed by atoms with Crippen molar-refractivity contribution in [2.24, 2.45) is 11.8 Å². The first-order chi connectivity index (χ1) is 20.1. The van der Waals surface area contributed by atoms with Crippen molar-refractivity contribution in [3.8, 4) is 0 Å². The molecule has 0 bridgehead atoms. The number of rotatable bonds is 8. The van der Waals surface area contributed by atoms with Gasteiger partial charge in [-0.1, -0.05) is 84.0 Å². The molecule has 3 aromatic carbocycles. The number of halogens is 4. The Hall–Kier alpha value is -3.10. The van der Waals surface area contributed by atoms with Gasteiger partial charge in [-0.25, -0.2) is 9.69 Å². The van der Waals surface area contributed by atoms with Crippen LogP contribution >= 0.6 is 46.4 Å². The van der Waals surface area contributed by atoms with E-state index in [1.807, 2.05) is 31.2 Å². The van der Waals surface area contributed by atoms with Crippen molar-refractivity contribution in [1.29, 1.82) is 0 Å². The molecule has 42 heavy (non-hydrogen) atoms. The maximum absolute atomic E-state index is 13.1. The summed E-state index contributed by atoms with van der Waals surface area (Å²) in [5.41, 5.74) is 2.03. The van der Waals surface area contributed by atoms with Gasteiger partial charge < -0.3 is 9.47 Å². The highest BCUT2D eigenvalue weighted by Gasteiger charge is 2.46. The van der Waals surface area contributed by atoms with E-state index in [9.17, 15) is 19.2 Å². The summed E-state index contributed by atoms with van der Waals surface area (Å²) >= 11 is 24.6. The van der Waals surface area contributed by atoms with Crippen LogP contribution in [0.1, 0.15) is 74.8 Å². The third-order valence-electron chi connectivity index (χ3n) is 7.81. The quantitative estimate of drug-likeness (QED) is 0.106. The Bertz CT molecular complexity index is 1540. The van der Waals surface area contributed by atoms with Crippen molar-refractivity contribution in [3.63, 3.8) is 0 Å². The van der Waals surface area contributed by atoms with Crippen molar-refractivity contribution in [2.75, 3.05) is 11.5 Å². The maximum Gasteiger partial charge on any atom is 0.338 e. The zero-order valence-corrected chi connectivity index (χ0v) is 25.6. The van der Waals surface area contributed by atoms with Gasteiger partial charge in [-0.3, -0.25) is 14.4 Å². The van der Waals surface area contributed by atoms with Gasteiger partial charge in [0.15, 0.2) is 0 Å². The van der Waals surface area contributed by atoms with Crippen molar-refractivity contribution >= 4 is 75.8 Å². The van der Waals surface area contributed by atoms with Crippen molar-refractivity contribution in [1.82, 2.24) is 0 Å². The average Bonchev–Trinajstić information content (AvgIpc) is 3.24. The van der Waals surface area contributed by atoms with E-state index in [0.717, 1.165) is 28.9 Å². The molecule has 1 fully saturated rings. The molecule has 0 aromatic heterocycles. The number of hydrogen-bond donors (Lipinski definition) is 0. The molecule has 0 saturated heterocycles. The minimum atomic E-state index is -0.708. The zero-order valence-electron chi connectivity index (χ0n) is 22.6. The fourth-order valence-electron chi connectivity index (χ4n) is 5.57. The van der Waals surface area contributed by atoms with E-state index in [0.29, 0.717) is 12.5 Å². The summed E-state index contributed by atoms with van der Waals surface area (Å²) in [4.78, 5) is 52.1. The van der Waals surface area contributed by atoms with Crippen LogP contribution in [-0.2, 0) is 20.9 Å². The fourth-order valence-corrected chi connectivity index (χ4v) is 6.58. The van der Waals surface area contributed by atoms with Gasteiger partial charge >= 0.3 is 11.9 Å². The minimum Gasteiger partial charge on any atom is -0.466 e. The van der Waals surface area contributed by atoms with E-state index in [1.165, 1.54) is 24.3 Å². The number of esters is 2. The molecule has 0 N–H and O–H groups in total. The SMILES string of the molecule is CCOC(=O)[C@H]1C[C@H](CC)C1c1ccc(COC(=O)c2ccc(N3C(=O)c4c(Cl)c(Cl)c(Cl)c(Cl)c4C3=O)cc2)cc1. The van der Waals surface area contributed by atoms with Gasteiger partial charge in [0.1, 0.15) is 6.61 Å². The Morgan fingerprint density at radius 1 is 0.810 bits per heavy atom. The summed E-state index contributed by atoms with van der Waals surface area (Å²) in [6, 6.07) is 13.5. The summed E-state index contributed by atoms with van der Waals surface area (Å²) in [5.74, 6) is -1.74. The number of imide groups is 1. The Morgan fingerprint density at radius 2 is 1.38 bits per heavy atom. The number of hydrogen-bond acceptors (Lipinski definition) is 6. The van der Waals surface area contributed by atoms with Crippen LogP contribution in [0.15, 0.2) is 48.5 Å². The van der Waals surface area contributed by atoms with Crippen molar-refractivity contribution < 1.29 is 28.7 Å². The first kappa shape index (κ1) is 30.4. The molecular weight excluding hydrogens is 624 g/mol. The van der Waals surface area contributed by atoms with Crippen LogP contribution in [0.25, 0.3) is 0 Å². The second-order valence-electron chi connectivity index (χ2n) is 10.1. The van der Waals surface area contributed by atoms with Crippen LogP contribution in [0.3, 0.4) is 0 Å². The molecule has 2 amide bonds. The Labute approximate surface area is 262 Å². The van der Waals surface area contributed by atoms with E-state index in [-0.39, 0.29) is 66.9 Å². The molecule has 3 atom stereocenters. The molecule has 218 valence electrons. The van der Waals surface area contributed by atoms with E-state index in [1.54, 1.807) is 0 Å². The van der Waals surface area contributed by atoms with Crippen LogP contribution in [0.2, 0.25) is 20.1 Å². The number of nitrogens with zero attached hydrogens (tertiary/aromatic N) is 1. The average molecular weight is 649 g/mol. The largest absolute Gasteiger partial charge is 0.466 e. The summed E-state index contributed by atoms with van der Waals surface area (Å²) in [5, 5.41) is -0.558. The van der Waals surface area contributed by atoms with Crippen LogP contribution in [0.4, 0.5) is 5.69 Å². The summed E-state index contributed by atoms with van der Waals surface area (Å²) < 4.78 is 10.7. The lowest BCUT2D eigenvalue weighted by Gasteiger charge is -2.43. The molecule has 3 aromatic rings. The lowest BCUT2D eigenvalue weighted by molar-refractivity contribution is -0.154. The number of ether oxygens (including phenoxy) is 2. The minimum absolute atomic E-state index is 0.0426. The highest BCUT2D eigenvalue weighted by atomic mass is 35.5. The molecule has 1 heterocycles. The van der Waals surface area contributed by atoms with E-state index in [2.05, 4.69) is 6.92 Å². The van der Waals surface area contributed by atoms with Gasteiger partial charge in [0, 0.05) is 5.92 Å². The van der Waals surface area contributed by atoms with E-state index < -0.39 is 17.8 Å². The summed E-state index contributed by atoms with van der Waals surface area (Å²) in [7, 11) is 0. The Kier molecular flexibility index (Phi) is 8.86. The van der Waals surface area contributed by atoms with Crippen LogP contribution in [0.5, 0.6) is 0 Å². The standard InChI is InChI=1S/C31H25Cl4NO6/c1-3-16-13-20(31(40)41-4-2)21(16)17-7-5-15(6-8-17)14-42-30(39)18-9-11-19(12-10-18)36-28(37)22-23(29(36)38)25(33)27(35)26(34)24(22)32/h5-12,16,20-21H,3-4,13-14H2,1-2H3/t16-,20-,21?/m0/s1. The molecule has 0 radical (unpaired) electrons. The van der Waals surface area contributed by atoms with E-state index in [4.69, 9.17) is 55.9 Å². The predicted molar refractivity (Wildman–Crippen MR) is 161 cm³/mol. The van der Waals surface area contributed by atoms with Gasteiger partial charge in [0.05, 0.1) is 55.0 Å². The lowest BCUT2D eigenvalue weighted by atomic mass is 9.61. The molecule has 5 rings (SSSR count). The molecule has 1 aliphatic heterocycles. The number of fused-ring (bicyclic) bond motifs is 1. The third kappa shape index (κ3) is 5.28. The highest BCUT2D eigenvalue weighted by Crippen LogP contribution is 2.50. The molecule has 2 aliphatic rings. The van der Waals surface area contributed by atoms with Crippen LogP contribution in [-0.4, -0.2) is 30.4 Å². The summed E-state index contributed by atoms with van der Waals surface area (Å²) in [6.07, 6.45) is 1.81. The van der Waals surface area contributed by atoms with Gasteiger partial charge in [-0.15, -0.1) is 0 Å². The fraction of sp³-hybridized carbons (Fsp3) is 0.290. The zero-order chi connectivity index (χ0) is 30.3. The lowest BCUT2D eigenvalue weighted by Crippen LogP contribution is -2.40. The first-order valence-corrected chi connectivity index (χ1v) is 14.9. The molecule has 1 unspecified atom stereocenters. The number of amides is 2. The molecule has 7 nitrogen and oxygen atoms in total. The smallest absolute Gasteiger partial charge is 0.338 e. The number of carbonyl (C=O) groups is 4. The molecule has 11 heteroatoms. The van der Waals surface area contributed by atoms with Gasteiger partial charge in [-0.05, 0) is 54.7 Å². The maximum atomic E-state index is 13.1. The topological polar surface area (TPSA) is 90.0 Å². The normalized spacial score (nSPS) is 19.4. The number of benzene rings is 3. The first-order valence-electron chi connectivity index (χ1n) is 13.4. The van der Waals surface area contributed by atoms with Crippen LogP contribution in [0, 0.1) is 11.8 Å². The van der Waals surface area contributed by atoms with Gasteiger partial charge in [0.2, 0.25) is 0 Å².